The molecule has 0 radical (unpaired) electrons. The summed E-state index contributed by atoms with van der Waals surface area (Å²) in [4.78, 5) is 34.9. The van der Waals surface area contributed by atoms with E-state index in [1.54, 1.807) is 31.2 Å². The summed E-state index contributed by atoms with van der Waals surface area (Å²) in [5.41, 5.74) is 1.07. The highest BCUT2D eigenvalue weighted by molar-refractivity contribution is 5.89. The maximum atomic E-state index is 11.9. The number of carbonyl (C=O) groups excluding carboxylic acids is 3. The molecule has 0 aromatic heterocycles. The monoisotopic (exact) mass is 334 g/mol. The van der Waals surface area contributed by atoms with Gasteiger partial charge >= 0.3 is 17.9 Å². The molecule has 1 unspecified atom stereocenters. The Morgan fingerprint density at radius 3 is 2.42 bits per heavy atom. The minimum Gasteiger partial charge on any atom is -0.462 e. The average Bonchev–Trinajstić information content (AvgIpc) is 2.55. The molecule has 1 atom stereocenters. The van der Waals surface area contributed by atoms with E-state index in [-0.39, 0.29) is 19.4 Å². The van der Waals surface area contributed by atoms with Gasteiger partial charge in [0.15, 0.2) is 6.10 Å². The van der Waals surface area contributed by atoms with E-state index in [9.17, 15) is 14.4 Å². The van der Waals surface area contributed by atoms with Crippen LogP contribution in [-0.4, -0.2) is 37.7 Å². The van der Waals surface area contributed by atoms with Gasteiger partial charge in [-0.2, -0.15) is 0 Å². The number of carbonyl (C=O) groups is 3. The molecule has 0 fully saturated rings. The maximum Gasteiger partial charge on any atom is 0.342 e. The van der Waals surface area contributed by atoms with Crippen LogP contribution in [0.3, 0.4) is 0 Å². The molecule has 0 N–H and O–H groups in total. The Kier molecular flexibility index (Phi) is 8.43. The van der Waals surface area contributed by atoms with Gasteiger partial charge in [-0.3, -0.25) is 4.79 Å². The molecule has 1 aromatic carbocycles. The number of benzene rings is 1. The molecule has 0 bridgehead atoms. The van der Waals surface area contributed by atoms with Crippen molar-refractivity contribution in [3.8, 4) is 0 Å². The molecule has 0 aliphatic heterocycles. The normalized spacial score (nSPS) is 11.4. The van der Waals surface area contributed by atoms with Gasteiger partial charge in [0.05, 0.1) is 13.0 Å². The molecule has 0 saturated carbocycles. The molecule has 1 rings (SSSR count). The summed E-state index contributed by atoms with van der Waals surface area (Å²) in [6.45, 7) is 5.16. The van der Waals surface area contributed by atoms with Crippen LogP contribution in [0.15, 0.2) is 42.5 Å². The second kappa shape index (κ2) is 10.3. The van der Waals surface area contributed by atoms with Crippen molar-refractivity contribution in [2.24, 2.45) is 0 Å². The minimum absolute atomic E-state index is 0.0131. The first-order valence-corrected chi connectivity index (χ1v) is 7.58. The zero-order chi connectivity index (χ0) is 17.9. The summed E-state index contributed by atoms with van der Waals surface area (Å²) in [5, 5.41) is 0. The SMILES string of the molecule is C=C(C)C(=O)OCCCC(OC)C(=O)OC(=O)Cc1ccccc1. The summed E-state index contributed by atoms with van der Waals surface area (Å²) in [5.74, 6) is -1.86. The number of hydrogen-bond acceptors (Lipinski definition) is 6. The largest absolute Gasteiger partial charge is 0.462 e. The first kappa shape index (κ1) is 19.6. The van der Waals surface area contributed by atoms with Crippen molar-refractivity contribution in [1.82, 2.24) is 0 Å². The van der Waals surface area contributed by atoms with Crippen molar-refractivity contribution >= 4 is 17.9 Å². The van der Waals surface area contributed by atoms with Crippen LogP contribution >= 0.6 is 0 Å². The summed E-state index contributed by atoms with van der Waals surface area (Å²) in [6.07, 6.45) is -0.191. The Hall–Kier alpha value is -2.47. The Labute approximate surface area is 141 Å². The molecule has 1 aromatic rings. The third-order valence-electron chi connectivity index (χ3n) is 3.15. The van der Waals surface area contributed by atoms with Crippen molar-refractivity contribution in [2.45, 2.75) is 32.3 Å². The fraction of sp³-hybridized carbons (Fsp3) is 0.389. The van der Waals surface area contributed by atoms with Crippen molar-refractivity contribution in [3.05, 3.63) is 48.0 Å². The molecule has 0 aliphatic rings. The molecule has 6 nitrogen and oxygen atoms in total. The molecule has 24 heavy (non-hydrogen) atoms. The molecule has 0 saturated heterocycles. The van der Waals surface area contributed by atoms with Crippen LogP contribution in [0.4, 0.5) is 0 Å². The van der Waals surface area contributed by atoms with E-state index in [1.807, 2.05) is 6.07 Å². The number of ether oxygens (including phenoxy) is 3. The molecule has 6 heteroatoms. The number of hydrogen-bond donors (Lipinski definition) is 0. The topological polar surface area (TPSA) is 78.9 Å². The standard InChI is InChI=1S/C18H22O6/c1-13(2)17(20)23-11-7-10-15(22-3)18(21)24-16(19)12-14-8-5-4-6-9-14/h4-6,8-9,15H,1,7,10-12H2,2-3H3. The van der Waals surface area contributed by atoms with Gasteiger partial charge in [-0.1, -0.05) is 36.9 Å². The van der Waals surface area contributed by atoms with E-state index in [1.165, 1.54) is 7.11 Å². The Morgan fingerprint density at radius 1 is 1.17 bits per heavy atom. The van der Waals surface area contributed by atoms with Gasteiger partial charge < -0.3 is 14.2 Å². The van der Waals surface area contributed by atoms with E-state index in [0.717, 1.165) is 5.56 Å². The van der Waals surface area contributed by atoms with Crippen LogP contribution in [0.1, 0.15) is 25.3 Å². The zero-order valence-corrected chi connectivity index (χ0v) is 13.9. The summed E-state index contributed by atoms with van der Waals surface area (Å²) in [6, 6.07) is 8.98. The first-order chi connectivity index (χ1) is 11.4. The van der Waals surface area contributed by atoms with Gasteiger partial charge in [-0.15, -0.1) is 0 Å². The molecule has 0 heterocycles. The summed E-state index contributed by atoms with van der Waals surface area (Å²) >= 11 is 0. The van der Waals surface area contributed by atoms with E-state index in [4.69, 9.17) is 14.2 Å². The third kappa shape index (κ3) is 7.19. The van der Waals surface area contributed by atoms with Crippen LogP contribution < -0.4 is 0 Å². The number of esters is 3. The highest BCUT2D eigenvalue weighted by atomic mass is 16.6. The summed E-state index contributed by atoms with van der Waals surface area (Å²) in [7, 11) is 1.35. The van der Waals surface area contributed by atoms with E-state index >= 15 is 0 Å². The van der Waals surface area contributed by atoms with E-state index < -0.39 is 24.0 Å². The fourth-order valence-electron chi connectivity index (χ4n) is 1.87. The lowest BCUT2D eigenvalue weighted by atomic mass is 10.1. The van der Waals surface area contributed by atoms with E-state index in [0.29, 0.717) is 12.0 Å². The summed E-state index contributed by atoms with van der Waals surface area (Å²) < 4.78 is 14.8. The van der Waals surface area contributed by atoms with Crippen molar-refractivity contribution in [3.63, 3.8) is 0 Å². The smallest absolute Gasteiger partial charge is 0.342 e. The lowest BCUT2D eigenvalue weighted by molar-refractivity contribution is -0.167. The Balaban J connectivity index is 2.36. The van der Waals surface area contributed by atoms with Crippen LogP contribution in [0.25, 0.3) is 0 Å². The van der Waals surface area contributed by atoms with Crippen molar-refractivity contribution < 1.29 is 28.6 Å². The number of rotatable bonds is 9. The predicted molar refractivity (Wildman–Crippen MR) is 87.0 cm³/mol. The Morgan fingerprint density at radius 2 is 1.83 bits per heavy atom. The lowest BCUT2D eigenvalue weighted by Crippen LogP contribution is -2.28. The first-order valence-electron chi connectivity index (χ1n) is 7.58. The third-order valence-corrected chi connectivity index (χ3v) is 3.15. The minimum atomic E-state index is -0.881. The molecular formula is C18H22O6. The van der Waals surface area contributed by atoms with Gasteiger partial charge in [0.25, 0.3) is 0 Å². The van der Waals surface area contributed by atoms with Crippen molar-refractivity contribution in [2.75, 3.05) is 13.7 Å². The quantitative estimate of drug-likeness (QED) is 0.298. The van der Waals surface area contributed by atoms with E-state index in [2.05, 4.69) is 6.58 Å². The van der Waals surface area contributed by atoms with Gasteiger partial charge in [-0.05, 0) is 25.3 Å². The fourth-order valence-corrected chi connectivity index (χ4v) is 1.87. The van der Waals surface area contributed by atoms with Crippen LogP contribution in [0.5, 0.6) is 0 Å². The molecular weight excluding hydrogens is 312 g/mol. The number of methoxy groups -OCH3 is 1. The van der Waals surface area contributed by atoms with Gasteiger partial charge in [0, 0.05) is 12.7 Å². The van der Waals surface area contributed by atoms with Crippen molar-refractivity contribution in [1.29, 1.82) is 0 Å². The highest BCUT2D eigenvalue weighted by Gasteiger charge is 2.22. The predicted octanol–water partition coefficient (Wildman–Crippen LogP) is 2.21. The Bertz CT molecular complexity index is 578. The highest BCUT2D eigenvalue weighted by Crippen LogP contribution is 2.07. The second-order valence-electron chi connectivity index (χ2n) is 5.24. The average molecular weight is 334 g/mol. The maximum absolute atomic E-state index is 11.9. The molecule has 0 spiro atoms. The molecule has 0 amide bonds. The second-order valence-corrected chi connectivity index (χ2v) is 5.24. The van der Waals surface area contributed by atoms with Crippen LogP contribution in [0.2, 0.25) is 0 Å². The molecule has 130 valence electrons. The van der Waals surface area contributed by atoms with Crippen LogP contribution in [-0.2, 0) is 35.0 Å². The van der Waals surface area contributed by atoms with Gasteiger partial charge in [-0.25, -0.2) is 9.59 Å². The zero-order valence-electron chi connectivity index (χ0n) is 13.9. The lowest BCUT2D eigenvalue weighted by Gasteiger charge is -2.13. The van der Waals surface area contributed by atoms with Gasteiger partial charge in [0.2, 0.25) is 0 Å². The van der Waals surface area contributed by atoms with Gasteiger partial charge in [0.1, 0.15) is 0 Å². The molecule has 0 aliphatic carbocycles. The van der Waals surface area contributed by atoms with Crippen LogP contribution in [0, 0.1) is 0 Å².